The number of carbonyl (C=O) groups is 1. The summed E-state index contributed by atoms with van der Waals surface area (Å²) in [6.07, 6.45) is 5.30. The molecule has 1 aromatic rings. The van der Waals surface area contributed by atoms with E-state index < -0.39 is 0 Å². The van der Waals surface area contributed by atoms with Gasteiger partial charge >= 0.3 is 0 Å². The van der Waals surface area contributed by atoms with Gasteiger partial charge in [-0.1, -0.05) is 13.0 Å². The van der Waals surface area contributed by atoms with Crippen LogP contribution in [0.25, 0.3) is 0 Å². The van der Waals surface area contributed by atoms with Crippen LogP contribution < -0.4 is 14.8 Å². The van der Waals surface area contributed by atoms with Crippen LogP contribution in [-0.2, 0) is 17.6 Å². The molecule has 1 amide bonds. The molecule has 3 rings (SSSR count). The van der Waals surface area contributed by atoms with E-state index in [0.29, 0.717) is 19.4 Å². The van der Waals surface area contributed by atoms with Crippen molar-refractivity contribution < 1.29 is 14.3 Å². The average molecular weight is 275 g/mol. The van der Waals surface area contributed by atoms with Crippen molar-refractivity contribution in [2.75, 3.05) is 6.54 Å². The Kier molecular flexibility index (Phi) is 3.81. The normalized spacial score (nSPS) is 18.9. The maximum atomic E-state index is 11.4. The predicted molar refractivity (Wildman–Crippen MR) is 76.0 cm³/mol. The zero-order valence-corrected chi connectivity index (χ0v) is 11.9. The smallest absolute Gasteiger partial charge is 0.243 e. The van der Waals surface area contributed by atoms with Crippen molar-refractivity contribution in [3.63, 3.8) is 0 Å². The minimum atomic E-state index is -0.265. The van der Waals surface area contributed by atoms with Crippen molar-refractivity contribution in [1.82, 2.24) is 5.32 Å². The third-order valence-corrected chi connectivity index (χ3v) is 3.88. The lowest BCUT2D eigenvalue weighted by Gasteiger charge is -2.11. The molecule has 4 heteroatoms. The van der Waals surface area contributed by atoms with Crippen LogP contribution in [0.3, 0.4) is 0 Å². The first-order chi connectivity index (χ1) is 9.78. The van der Waals surface area contributed by atoms with Gasteiger partial charge in [0.15, 0.2) is 11.5 Å². The summed E-state index contributed by atoms with van der Waals surface area (Å²) >= 11 is 0. The summed E-state index contributed by atoms with van der Waals surface area (Å²) in [5.74, 6) is 1.89. The van der Waals surface area contributed by atoms with Gasteiger partial charge in [-0.15, -0.1) is 0 Å². The number of carbonyl (C=O) groups excluding carboxylic acids is 1. The Bertz CT molecular complexity index is 513. The molecule has 0 saturated heterocycles. The van der Waals surface area contributed by atoms with Gasteiger partial charge < -0.3 is 14.8 Å². The lowest BCUT2D eigenvalue weighted by Crippen LogP contribution is -2.29. The molecule has 1 aliphatic heterocycles. The van der Waals surface area contributed by atoms with Crippen molar-refractivity contribution in [2.24, 2.45) is 0 Å². The SMILES string of the molecule is CCCC(=O)NCCC1Oc2ccc3c(c2O1)CCC3. The van der Waals surface area contributed by atoms with Crippen molar-refractivity contribution >= 4 is 5.91 Å². The molecule has 0 aromatic heterocycles. The molecular formula is C16H21NO3. The number of amides is 1. The van der Waals surface area contributed by atoms with Crippen LogP contribution in [0.15, 0.2) is 12.1 Å². The molecule has 20 heavy (non-hydrogen) atoms. The van der Waals surface area contributed by atoms with Crippen molar-refractivity contribution in [3.05, 3.63) is 23.3 Å². The Morgan fingerprint density at radius 3 is 3.10 bits per heavy atom. The Balaban J connectivity index is 1.54. The maximum Gasteiger partial charge on any atom is 0.243 e. The van der Waals surface area contributed by atoms with Gasteiger partial charge in [0, 0.05) is 24.9 Å². The second-order valence-electron chi connectivity index (χ2n) is 5.44. The molecule has 0 fully saturated rings. The van der Waals surface area contributed by atoms with Gasteiger partial charge in [0.25, 0.3) is 0 Å². The molecular weight excluding hydrogens is 254 g/mol. The average Bonchev–Trinajstić information content (AvgIpc) is 3.03. The summed E-state index contributed by atoms with van der Waals surface area (Å²) in [6.45, 7) is 2.60. The van der Waals surface area contributed by atoms with E-state index in [9.17, 15) is 4.79 Å². The first-order valence-electron chi connectivity index (χ1n) is 7.52. The zero-order valence-electron chi connectivity index (χ0n) is 11.9. The summed E-state index contributed by atoms with van der Waals surface area (Å²) < 4.78 is 11.7. The fraction of sp³-hybridized carbons (Fsp3) is 0.562. The first-order valence-corrected chi connectivity index (χ1v) is 7.52. The van der Waals surface area contributed by atoms with Crippen LogP contribution in [0.1, 0.15) is 43.7 Å². The topological polar surface area (TPSA) is 47.6 Å². The molecule has 1 aliphatic carbocycles. The van der Waals surface area contributed by atoms with Crippen molar-refractivity contribution in [2.45, 2.75) is 51.7 Å². The standard InChI is InChI=1S/C16H21NO3/c1-2-4-14(18)17-10-9-15-19-13-8-7-11-5-3-6-12(11)16(13)20-15/h7-8,15H,2-6,9-10H2,1H3,(H,17,18). The summed E-state index contributed by atoms with van der Waals surface area (Å²) in [7, 11) is 0. The second-order valence-corrected chi connectivity index (χ2v) is 5.44. The molecule has 4 nitrogen and oxygen atoms in total. The molecule has 1 atom stereocenters. The highest BCUT2D eigenvalue weighted by Crippen LogP contribution is 2.43. The number of hydrogen-bond acceptors (Lipinski definition) is 3. The molecule has 1 unspecified atom stereocenters. The van der Waals surface area contributed by atoms with Gasteiger partial charge in [0.2, 0.25) is 12.2 Å². The summed E-state index contributed by atoms with van der Waals surface area (Å²) in [4.78, 5) is 11.4. The van der Waals surface area contributed by atoms with Gasteiger partial charge in [0.1, 0.15) is 0 Å². The van der Waals surface area contributed by atoms with Crippen LogP contribution >= 0.6 is 0 Å². The fourth-order valence-electron chi connectivity index (χ4n) is 2.89. The van der Waals surface area contributed by atoms with Crippen LogP contribution in [-0.4, -0.2) is 18.7 Å². The molecule has 0 bridgehead atoms. The second kappa shape index (κ2) is 5.73. The van der Waals surface area contributed by atoms with Gasteiger partial charge in [-0.3, -0.25) is 4.79 Å². The molecule has 108 valence electrons. The number of hydrogen-bond donors (Lipinski definition) is 1. The Labute approximate surface area is 119 Å². The minimum absolute atomic E-state index is 0.101. The number of fused-ring (bicyclic) bond motifs is 3. The van der Waals surface area contributed by atoms with E-state index in [1.165, 1.54) is 17.5 Å². The summed E-state index contributed by atoms with van der Waals surface area (Å²) in [5, 5.41) is 2.89. The van der Waals surface area contributed by atoms with E-state index in [1.807, 2.05) is 13.0 Å². The minimum Gasteiger partial charge on any atom is -0.451 e. The van der Waals surface area contributed by atoms with Gasteiger partial charge in [-0.2, -0.15) is 0 Å². The highest BCUT2D eigenvalue weighted by molar-refractivity contribution is 5.75. The highest BCUT2D eigenvalue weighted by Gasteiger charge is 2.29. The maximum absolute atomic E-state index is 11.4. The van der Waals surface area contributed by atoms with E-state index in [4.69, 9.17) is 9.47 Å². The molecule has 1 aromatic carbocycles. The zero-order chi connectivity index (χ0) is 13.9. The van der Waals surface area contributed by atoms with Gasteiger partial charge in [0.05, 0.1) is 0 Å². The van der Waals surface area contributed by atoms with Crippen LogP contribution in [0, 0.1) is 0 Å². The Morgan fingerprint density at radius 1 is 1.35 bits per heavy atom. The van der Waals surface area contributed by atoms with Crippen LogP contribution in [0.5, 0.6) is 11.5 Å². The van der Waals surface area contributed by atoms with Gasteiger partial charge in [-0.25, -0.2) is 0 Å². The third-order valence-electron chi connectivity index (χ3n) is 3.88. The largest absolute Gasteiger partial charge is 0.451 e. The molecule has 0 radical (unpaired) electrons. The molecule has 0 saturated carbocycles. The molecule has 1 N–H and O–H groups in total. The number of benzene rings is 1. The highest BCUT2D eigenvalue weighted by atomic mass is 16.7. The number of rotatable bonds is 5. The molecule has 0 spiro atoms. The lowest BCUT2D eigenvalue weighted by atomic mass is 10.1. The van der Waals surface area contributed by atoms with Crippen LogP contribution in [0.2, 0.25) is 0 Å². The van der Waals surface area contributed by atoms with E-state index in [1.54, 1.807) is 0 Å². The van der Waals surface area contributed by atoms with Crippen molar-refractivity contribution in [3.8, 4) is 11.5 Å². The van der Waals surface area contributed by atoms with E-state index >= 15 is 0 Å². The Hall–Kier alpha value is -1.71. The monoisotopic (exact) mass is 275 g/mol. The van der Waals surface area contributed by atoms with E-state index in [0.717, 1.165) is 30.8 Å². The van der Waals surface area contributed by atoms with Crippen molar-refractivity contribution in [1.29, 1.82) is 0 Å². The summed E-state index contributed by atoms with van der Waals surface area (Å²) in [5.41, 5.74) is 2.71. The quantitative estimate of drug-likeness (QED) is 0.898. The fourth-order valence-corrected chi connectivity index (χ4v) is 2.89. The lowest BCUT2D eigenvalue weighted by molar-refractivity contribution is -0.121. The van der Waals surface area contributed by atoms with Crippen LogP contribution in [0.4, 0.5) is 0 Å². The predicted octanol–water partition coefficient (Wildman–Crippen LogP) is 2.58. The van der Waals surface area contributed by atoms with Gasteiger partial charge in [-0.05, 0) is 37.3 Å². The first kappa shape index (κ1) is 13.3. The summed E-state index contributed by atoms with van der Waals surface area (Å²) in [6, 6.07) is 4.16. The van der Waals surface area contributed by atoms with E-state index in [-0.39, 0.29) is 12.2 Å². The third kappa shape index (κ3) is 2.60. The number of ether oxygens (including phenoxy) is 2. The van der Waals surface area contributed by atoms with E-state index in [2.05, 4.69) is 11.4 Å². The number of nitrogens with one attached hydrogen (secondary N) is 1. The number of aryl methyl sites for hydroxylation is 1. The molecule has 1 heterocycles. The Morgan fingerprint density at radius 2 is 2.25 bits per heavy atom. The molecule has 2 aliphatic rings.